The molecule has 20 heavy (non-hydrogen) atoms. The van der Waals surface area contributed by atoms with Crippen LogP contribution in [0.4, 0.5) is 11.4 Å². The van der Waals surface area contributed by atoms with Gasteiger partial charge in [-0.15, -0.1) is 0 Å². The molecule has 2 nitrogen and oxygen atoms in total. The maximum atomic E-state index is 6.31. The highest BCUT2D eigenvalue weighted by Crippen LogP contribution is 2.36. The molecule has 2 aromatic rings. The van der Waals surface area contributed by atoms with E-state index >= 15 is 0 Å². The molecule has 3 rings (SSSR count). The summed E-state index contributed by atoms with van der Waals surface area (Å²) in [5.74, 6) is 0.637. The molecule has 2 aromatic carbocycles. The lowest BCUT2D eigenvalue weighted by molar-refractivity contribution is 0.562. The molecule has 3 heteroatoms. The quantitative estimate of drug-likeness (QED) is 0.899. The van der Waals surface area contributed by atoms with Crippen LogP contribution < -0.4 is 10.6 Å². The second-order valence-corrected chi connectivity index (χ2v) is 5.94. The van der Waals surface area contributed by atoms with Gasteiger partial charge in [0.25, 0.3) is 0 Å². The lowest BCUT2D eigenvalue weighted by Crippen LogP contribution is -2.30. The van der Waals surface area contributed by atoms with Gasteiger partial charge in [0.1, 0.15) is 0 Å². The van der Waals surface area contributed by atoms with Gasteiger partial charge in [-0.05, 0) is 41.7 Å². The topological polar surface area (TPSA) is 29.3 Å². The third-order valence-electron chi connectivity index (χ3n) is 3.91. The lowest BCUT2D eigenvalue weighted by atomic mass is 9.93. The molecule has 1 aliphatic rings. The molecule has 0 bridgehead atoms. The predicted molar refractivity (Wildman–Crippen MR) is 85.7 cm³/mol. The Bertz CT molecular complexity index is 624. The smallest absolute Gasteiger partial charge is 0.0471 e. The summed E-state index contributed by atoms with van der Waals surface area (Å²) in [6.45, 7) is 3.79. The zero-order valence-corrected chi connectivity index (χ0v) is 12.4. The van der Waals surface area contributed by atoms with Gasteiger partial charge in [-0.1, -0.05) is 42.8 Å². The van der Waals surface area contributed by atoms with Crippen LogP contribution in [0.25, 0.3) is 0 Å². The number of benzene rings is 2. The van der Waals surface area contributed by atoms with E-state index in [9.17, 15) is 0 Å². The van der Waals surface area contributed by atoms with E-state index in [0.717, 1.165) is 29.2 Å². The Labute approximate surface area is 125 Å². The van der Waals surface area contributed by atoms with Crippen LogP contribution in [0.15, 0.2) is 42.5 Å². The van der Waals surface area contributed by atoms with Crippen LogP contribution in [0.5, 0.6) is 0 Å². The Morgan fingerprint density at radius 1 is 1.25 bits per heavy atom. The number of fused-ring (bicyclic) bond motifs is 1. The van der Waals surface area contributed by atoms with Crippen LogP contribution >= 0.6 is 11.6 Å². The van der Waals surface area contributed by atoms with Crippen molar-refractivity contribution in [3.8, 4) is 0 Å². The Kier molecular flexibility index (Phi) is 3.68. The molecule has 1 unspecified atom stereocenters. The van der Waals surface area contributed by atoms with Gasteiger partial charge in [-0.2, -0.15) is 0 Å². The highest BCUT2D eigenvalue weighted by molar-refractivity contribution is 6.31. The number of halogens is 1. The zero-order valence-electron chi connectivity index (χ0n) is 11.6. The number of anilines is 2. The van der Waals surface area contributed by atoms with E-state index in [0.29, 0.717) is 12.5 Å². The van der Waals surface area contributed by atoms with E-state index in [2.05, 4.69) is 42.2 Å². The van der Waals surface area contributed by atoms with Gasteiger partial charge in [0.2, 0.25) is 0 Å². The van der Waals surface area contributed by atoms with Crippen molar-refractivity contribution < 1.29 is 0 Å². The lowest BCUT2D eigenvalue weighted by Gasteiger charge is -2.35. The summed E-state index contributed by atoms with van der Waals surface area (Å²) in [6, 6.07) is 14.8. The molecule has 2 N–H and O–H groups in total. The van der Waals surface area contributed by atoms with Crippen molar-refractivity contribution in [2.75, 3.05) is 11.4 Å². The van der Waals surface area contributed by atoms with Gasteiger partial charge >= 0.3 is 0 Å². The average Bonchev–Trinajstić information content (AvgIpc) is 2.46. The minimum Gasteiger partial charge on any atom is -0.341 e. The van der Waals surface area contributed by atoms with Crippen molar-refractivity contribution in [2.24, 2.45) is 11.7 Å². The zero-order chi connectivity index (χ0) is 14.1. The Morgan fingerprint density at radius 2 is 2.05 bits per heavy atom. The summed E-state index contributed by atoms with van der Waals surface area (Å²) in [6.07, 6.45) is 1.14. The molecule has 1 aliphatic heterocycles. The van der Waals surface area contributed by atoms with Crippen molar-refractivity contribution >= 4 is 23.0 Å². The van der Waals surface area contributed by atoms with Crippen LogP contribution in [-0.2, 0) is 13.0 Å². The van der Waals surface area contributed by atoms with Gasteiger partial charge in [-0.25, -0.2) is 0 Å². The van der Waals surface area contributed by atoms with Crippen LogP contribution in [0.1, 0.15) is 18.1 Å². The van der Waals surface area contributed by atoms with Gasteiger partial charge < -0.3 is 10.6 Å². The fourth-order valence-electron chi connectivity index (χ4n) is 2.91. The Morgan fingerprint density at radius 3 is 2.80 bits per heavy atom. The summed E-state index contributed by atoms with van der Waals surface area (Å²) >= 11 is 6.31. The van der Waals surface area contributed by atoms with E-state index in [1.807, 2.05) is 12.1 Å². The van der Waals surface area contributed by atoms with E-state index in [4.69, 9.17) is 17.3 Å². The first kappa shape index (κ1) is 13.5. The summed E-state index contributed by atoms with van der Waals surface area (Å²) < 4.78 is 0. The van der Waals surface area contributed by atoms with Gasteiger partial charge in [0, 0.05) is 29.5 Å². The predicted octanol–water partition coefficient (Wildman–Crippen LogP) is 4.13. The van der Waals surface area contributed by atoms with Crippen molar-refractivity contribution in [2.45, 2.75) is 19.9 Å². The molecule has 0 saturated heterocycles. The standard InChI is InChI=1S/C17H19ClN2/c1-12-8-13-4-2-3-5-17(13)20(11-12)15-7-6-14(10-19)16(18)9-15/h2-7,9,12H,8,10-11,19H2,1H3. The maximum absolute atomic E-state index is 6.31. The first-order valence-corrected chi connectivity index (χ1v) is 7.40. The summed E-state index contributed by atoms with van der Waals surface area (Å²) in [5.41, 5.74) is 10.5. The molecule has 0 saturated carbocycles. The van der Waals surface area contributed by atoms with E-state index in [-0.39, 0.29) is 0 Å². The fourth-order valence-corrected chi connectivity index (χ4v) is 3.16. The van der Waals surface area contributed by atoms with E-state index in [1.54, 1.807) is 0 Å². The monoisotopic (exact) mass is 286 g/mol. The van der Waals surface area contributed by atoms with Crippen molar-refractivity contribution in [1.29, 1.82) is 0 Å². The number of nitrogens with zero attached hydrogens (tertiary/aromatic N) is 1. The van der Waals surface area contributed by atoms with Crippen molar-refractivity contribution in [3.05, 3.63) is 58.6 Å². The Hall–Kier alpha value is -1.51. The third kappa shape index (κ3) is 2.41. The number of nitrogens with two attached hydrogens (primary N) is 1. The van der Waals surface area contributed by atoms with Gasteiger partial charge in [-0.3, -0.25) is 0 Å². The summed E-state index contributed by atoms with van der Waals surface area (Å²) in [7, 11) is 0. The number of rotatable bonds is 2. The molecule has 1 heterocycles. The van der Waals surface area contributed by atoms with Crippen molar-refractivity contribution in [3.63, 3.8) is 0 Å². The minimum absolute atomic E-state index is 0.478. The first-order chi connectivity index (χ1) is 9.69. The maximum Gasteiger partial charge on any atom is 0.0471 e. The number of para-hydroxylation sites is 1. The molecule has 104 valence electrons. The number of hydrogen-bond acceptors (Lipinski definition) is 2. The minimum atomic E-state index is 0.478. The molecule has 1 atom stereocenters. The Balaban J connectivity index is 2.04. The molecule has 0 fully saturated rings. The van der Waals surface area contributed by atoms with Crippen molar-refractivity contribution in [1.82, 2.24) is 0 Å². The van der Waals surface area contributed by atoms with Crippen LogP contribution in [0, 0.1) is 5.92 Å². The number of hydrogen-bond donors (Lipinski definition) is 1. The fraction of sp³-hybridized carbons (Fsp3) is 0.294. The van der Waals surface area contributed by atoms with Crippen LogP contribution in [-0.4, -0.2) is 6.54 Å². The van der Waals surface area contributed by atoms with E-state index in [1.165, 1.54) is 11.3 Å². The first-order valence-electron chi connectivity index (χ1n) is 7.03. The molecule has 0 radical (unpaired) electrons. The highest BCUT2D eigenvalue weighted by atomic mass is 35.5. The average molecular weight is 287 g/mol. The van der Waals surface area contributed by atoms with Crippen LogP contribution in [0.3, 0.4) is 0 Å². The highest BCUT2D eigenvalue weighted by Gasteiger charge is 2.22. The molecule has 0 spiro atoms. The third-order valence-corrected chi connectivity index (χ3v) is 4.27. The largest absolute Gasteiger partial charge is 0.341 e. The van der Waals surface area contributed by atoms with E-state index < -0.39 is 0 Å². The second kappa shape index (κ2) is 5.47. The summed E-state index contributed by atoms with van der Waals surface area (Å²) in [5, 5.41) is 0.751. The normalized spacial score (nSPS) is 17.9. The summed E-state index contributed by atoms with van der Waals surface area (Å²) in [4.78, 5) is 2.36. The molecule has 0 amide bonds. The molecular formula is C17H19ClN2. The molecule has 0 aromatic heterocycles. The SMILES string of the molecule is CC1Cc2ccccc2N(c2ccc(CN)c(Cl)c2)C1. The second-order valence-electron chi connectivity index (χ2n) is 5.53. The van der Waals surface area contributed by atoms with Gasteiger partial charge in [0.15, 0.2) is 0 Å². The molecular weight excluding hydrogens is 268 g/mol. The molecule has 0 aliphatic carbocycles. The van der Waals surface area contributed by atoms with Crippen LogP contribution in [0.2, 0.25) is 5.02 Å². The van der Waals surface area contributed by atoms with Gasteiger partial charge in [0.05, 0.1) is 0 Å².